The molecule has 1 saturated heterocycles. The summed E-state index contributed by atoms with van der Waals surface area (Å²) in [7, 11) is 4.38. The van der Waals surface area contributed by atoms with Crippen molar-refractivity contribution in [1.82, 2.24) is 9.80 Å². The first-order chi connectivity index (χ1) is 12.4. The largest absolute Gasteiger partial charge is 0.341 e. The van der Waals surface area contributed by atoms with Crippen molar-refractivity contribution in [3.8, 4) is 6.07 Å². The predicted molar refractivity (Wildman–Crippen MR) is 104 cm³/mol. The lowest BCUT2D eigenvalue weighted by Gasteiger charge is -2.48. The van der Waals surface area contributed by atoms with Gasteiger partial charge in [-0.1, -0.05) is 12.5 Å². The van der Waals surface area contributed by atoms with Crippen LogP contribution >= 0.6 is 11.3 Å². The molecule has 0 N–H and O–H groups in total. The minimum atomic E-state index is -0.250. The zero-order chi connectivity index (χ0) is 18.4. The Morgan fingerprint density at radius 2 is 1.96 bits per heavy atom. The summed E-state index contributed by atoms with van der Waals surface area (Å²) in [6.45, 7) is 1.52. The summed E-state index contributed by atoms with van der Waals surface area (Å²) in [5.74, 6) is 0.278. The number of amides is 1. The molecule has 26 heavy (non-hydrogen) atoms. The van der Waals surface area contributed by atoms with Crippen LogP contribution in [0.3, 0.4) is 0 Å². The first kappa shape index (κ1) is 18.0. The molecule has 0 radical (unpaired) electrons. The van der Waals surface area contributed by atoms with Crippen LogP contribution in [0.2, 0.25) is 0 Å². The monoisotopic (exact) mass is 371 g/mol. The lowest BCUT2D eigenvalue weighted by atomic mass is 9.65. The van der Waals surface area contributed by atoms with Crippen molar-refractivity contribution in [2.75, 3.05) is 27.2 Å². The SMILES string of the molecule is CN(C)C1(c2cccs2)CCC2(CC1)CC(=O)N(CC1(C#N)CCC1)C2. The zero-order valence-corrected chi connectivity index (χ0v) is 16.8. The summed E-state index contributed by atoms with van der Waals surface area (Å²) < 4.78 is 0. The van der Waals surface area contributed by atoms with E-state index < -0.39 is 0 Å². The van der Waals surface area contributed by atoms with Crippen LogP contribution in [0.4, 0.5) is 0 Å². The molecular formula is C21H29N3OS. The van der Waals surface area contributed by atoms with Crippen LogP contribution in [0, 0.1) is 22.2 Å². The van der Waals surface area contributed by atoms with Gasteiger partial charge in [0.2, 0.25) is 5.91 Å². The molecule has 1 spiro atoms. The lowest BCUT2D eigenvalue weighted by molar-refractivity contribution is -0.129. The van der Waals surface area contributed by atoms with Crippen LogP contribution in [0.5, 0.6) is 0 Å². The summed E-state index contributed by atoms with van der Waals surface area (Å²) in [5, 5.41) is 11.7. The summed E-state index contributed by atoms with van der Waals surface area (Å²) in [6, 6.07) is 6.92. The lowest BCUT2D eigenvalue weighted by Crippen LogP contribution is -2.47. The van der Waals surface area contributed by atoms with Crippen LogP contribution in [-0.4, -0.2) is 42.9 Å². The van der Waals surface area contributed by atoms with Crippen molar-refractivity contribution >= 4 is 17.2 Å². The summed E-state index contributed by atoms with van der Waals surface area (Å²) >= 11 is 1.86. The maximum absolute atomic E-state index is 12.7. The number of hydrogen-bond acceptors (Lipinski definition) is 4. The van der Waals surface area contributed by atoms with Gasteiger partial charge in [0.15, 0.2) is 0 Å². The van der Waals surface area contributed by atoms with E-state index in [-0.39, 0.29) is 22.3 Å². The van der Waals surface area contributed by atoms with Crippen LogP contribution in [0.15, 0.2) is 17.5 Å². The number of rotatable bonds is 4. The molecule has 140 valence electrons. The smallest absolute Gasteiger partial charge is 0.223 e. The normalized spacial score (nSPS) is 33.5. The van der Waals surface area contributed by atoms with Gasteiger partial charge in [0, 0.05) is 24.4 Å². The number of hydrogen-bond donors (Lipinski definition) is 0. The summed E-state index contributed by atoms with van der Waals surface area (Å²) in [6.07, 6.45) is 8.17. The van der Waals surface area contributed by atoms with E-state index in [1.807, 2.05) is 16.2 Å². The van der Waals surface area contributed by atoms with Crippen molar-refractivity contribution in [3.05, 3.63) is 22.4 Å². The first-order valence-corrected chi connectivity index (χ1v) is 10.7. The molecule has 0 unspecified atom stereocenters. The summed E-state index contributed by atoms with van der Waals surface area (Å²) in [4.78, 5) is 18.6. The Balaban J connectivity index is 1.47. The fraction of sp³-hybridized carbons (Fsp3) is 0.714. The molecule has 2 saturated carbocycles. The van der Waals surface area contributed by atoms with Crippen LogP contribution < -0.4 is 0 Å². The standard InChI is InChI=1S/C21H29N3OS/c1-23(2)21(17-5-3-12-26-17)10-8-19(9-11-21)13-18(25)24(15-19)16-20(14-22)6-4-7-20/h3,5,12H,4,6-11,13,15-16H2,1-2H3. The average molecular weight is 372 g/mol. The van der Waals surface area contributed by atoms with Gasteiger partial charge in [-0.15, -0.1) is 11.3 Å². The first-order valence-electron chi connectivity index (χ1n) is 9.83. The van der Waals surface area contributed by atoms with Gasteiger partial charge >= 0.3 is 0 Å². The van der Waals surface area contributed by atoms with E-state index in [1.165, 1.54) is 4.88 Å². The minimum Gasteiger partial charge on any atom is -0.341 e. The van der Waals surface area contributed by atoms with E-state index in [9.17, 15) is 10.1 Å². The molecule has 1 aromatic heterocycles. The molecule has 0 atom stereocenters. The highest BCUT2D eigenvalue weighted by molar-refractivity contribution is 7.10. The van der Waals surface area contributed by atoms with E-state index in [1.54, 1.807) is 0 Å². The molecule has 1 aromatic rings. The molecule has 2 aliphatic carbocycles. The quantitative estimate of drug-likeness (QED) is 0.804. The van der Waals surface area contributed by atoms with Crippen molar-refractivity contribution in [1.29, 1.82) is 5.26 Å². The van der Waals surface area contributed by atoms with Crippen molar-refractivity contribution in [2.45, 2.75) is 56.9 Å². The maximum atomic E-state index is 12.7. The molecule has 2 heterocycles. The molecule has 1 amide bonds. The third-order valence-electron chi connectivity index (χ3n) is 7.42. The Labute approximate surface area is 160 Å². The van der Waals surface area contributed by atoms with Gasteiger partial charge in [-0.2, -0.15) is 5.26 Å². The molecule has 0 bridgehead atoms. The highest BCUT2D eigenvalue weighted by Crippen LogP contribution is 2.53. The van der Waals surface area contributed by atoms with Gasteiger partial charge in [-0.25, -0.2) is 0 Å². The Morgan fingerprint density at radius 3 is 2.46 bits per heavy atom. The average Bonchev–Trinajstić information content (AvgIpc) is 3.21. The van der Waals surface area contributed by atoms with Gasteiger partial charge in [0.05, 0.1) is 17.0 Å². The zero-order valence-electron chi connectivity index (χ0n) is 16.0. The number of carbonyl (C=O) groups excluding carboxylic acids is 1. The molecule has 1 aliphatic heterocycles. The Bertz CT molecular complexity index is 706. The van der Waals surface area contributed by atoms with Gasteiger partial charge < -0.3 is 4.90 Å². The molecule has 4 rings (SSSR count). The second-order valence-corrected chi connectivity index (χ2v) is 10.0. The Hall–Kier alpha value is -1.38. The van der Waals surface area contributed by atoms with E-state index in [0.717, 1.165) is 51.5 Å². The second-order valence-electron chi connectivity index (χ2n) is 9.08. The fourth-order valence-electron chi connectivity index (χ4n) is 5.39. The predicted octanol–water partition coefficient (Wildman–Crippen LogP) is 3.99. The van der Waals surface area contributed by atoms with E-state index in [4.69, 9.17) is 0 Å². The fourth-order valence-corrected chi connectivity index (χ4v) is 6.45. The molecule has 4 nitrogen and oxygen atoms in total. The third-order valence-corrected chi connectivity index (χ3v) is 8.48. The van der Waals surface area contributed by atoms with E-state index in [0.29, 0.717) is 13.0 Å². The minimum absolute atomic E-state index is 0.123. The Kier molecular flexibility index (Phi) is 4.40. The Morgan fingerprint density at radius 1 is 1.23 bits per heavy atom. The highest BCUT2D eigenvalue weighted by Gasteiger charge is 2.52. The van der Waals surface area contributed by atoms with Crippen molar-refractivity contribution in [3.63, 3.8) is 0 Å². The van der Waals surface area contributed by atoms with E-state index >= 15 is 0 Å². The van der Waals surface area contributed by atoms with Crippen LogP contribution in [-0.2, 0) is 10.3 Å². The summed E-state index contributed by atoms with van der Waals surface area (Å²) in [5.41, 5.74) is 0.00615. The second kappa shape index (κ2) is 6.35. The molecule has 0 aromatic carbocycles. The number of thiophene rings is 1. The van der Waals surface area contributed by atoms with Gasteiger partial charge in [0.25, 0.3) is 0 Å². The van der Waals surface area contributed by atoms with Gasteiger partial charge in [0.1, 0.15) is 0 Å². The molecule has 5 heteroatoms. The maximum Gasteiger partial charge on any atom is 0.223 e. The molecular weight excluding hydrogens is 342 g/mol. The van der Waals surface area contributed by atoms with Gasteiger partial charge in [-0.3, -0.25) is 9.69 Å². The molecule has 3 aliphatic rings. The van der Waals surface area contributed by atoms with E-state index in [2.05, 4.69) is 42.6 Å². The van der Waals surface area contributed by atoms with Crippen molar-refractivity contribution in [2.24, 2.45) is 10.8 Å². The number of likely N-dealkylation sites (tertiary alicyclic amines) is 1. The highest BCUT2D eigenvalue weighted by atomic mass is 32.1. The van der Waals surface area contributed by atoms with Gasteiger partial charge in [-0.05, 0) is 69.5 Å². The van der Waals surface area contributed by atoms with Crippen LogP contribution in [0.25, 0.3) is 0 Å². The molecule has 3 fully saturated rings. The van der Waals surface area contributed by atoms with Crippen LogP contribution in [0.1, 0.15) is 56.2 Å². The number of nitriles is 1. The topological polar surface area (TPSA) is 47.3 Å². The number of carbonyl (C=O) groups is 1. The number of nitrogens with zero attached hydrogens (tertiary/aromatic N) is 3. The third kappa shape index (κ3) is 2.78. The van der Waals surface area contributed by atoms with Crippen molar-refractivity contribution < 1.29 is 4.79 Å².